The molecule has 1 saturated carbocycles. The van der Waals surface area contributed by atoms with Crippen LogP contribution in [0.25, 0.3) is 0 Å². The van der Waals surface area contributed by atoms with Crippen molar-refractivity contribution in [1.82, 2.24) is 9.80 Å². The summed E-state index contributed by atoms with van der Waals surface area (Å²) in [5.74, 6) is 0.0501. The molecule has 0 aromatic carbocycles. The molecule has 3 aliphatic rings. The molecule has 0 N–H and O–H groups in total. The van der Waals surface area contributed by atoms with E-state index >= 15 is 0 Å². The summed E-state index contributed by atoms with van der Waals surface area (Å²) in [6.07, 6.45) is 5.35. The van der Waals surface area contributed by atoms with Crippen LogP contribution in [0.2, 0.25) is 0 Å². The van der Waals surface area contributed by atoms with Crippen molar-refractivity contribution in [3.8, 4) is 0 Å². The van der Waals surface area contributed by atoms with E-state index in [1.165, 1.54) is 4.90 Å². The number of likely N-dealkylation sites (tertiary alicyclic amines) is 1. The van der Waals surface area contributed by atoms with Gasteiger partial charge in [-0.15, -0.1) is 0 Å². The number of allylic oxidation sites excluding steroid dienone is 2. The SMILES string of the molecule is CCN(CC)C(=O)CCN1C(=O)C2C3C=CC(C3)C2C1=O. The van der Waals surface area contributed by atoms with Gasteiger partial charge >= 0.3 is 0 Å². The lowest BCUT2D eigenvalue weighted by molar-refractivity contribution is -0.141. The van der Waals surface area contributed by atoms with Crippen LogP contribution in [0.4, 0.5) is 0 Å². The van der Waals surface area contributed by atoms with Crippen molar-refractivity contribution < 1.29 is 14.4 Å². The third-order valence-corrected chi connectivity index (χ3v) is 5.23. The Morgan fingerprint density at radius 1 is 1.14 bits per heavy atom. The molecule has 3 amide bonds. The molecule has 114 valence electrons. The van der Waals surface area contributed by atoms with Gasteiger partial charge in [0.1, 0.15) is 0 Å². The predicted octanol–water partition coefficient (Wildman–Crippen LogP) is 1.05. The summed E-state index contributed by atoms with van der Waals surface area (Å²) >= 11 is 0. The Bertz CT molecular complexity index is 480. The van der Waals surface area contributed by atoms with E-state index in [1.807, 2.05) is 13.8 Å². The summed E-state index contributed by atoms with van der Waals surface area (Å²) in [6.45, 7) is 5.43. The third-order valence-electron chi connectivity index (χ3n) is 5.23. The highest BCUT2D eigenvalue weighted by molar-refractivity contribution is 6.06. The van der Waals surface area contributed by atoms with E-state index in [1.54, 1.807) is 4.90 Å². The lowest BCUT2D eigenvalue weighted by atomic mass is 9.85. The van der Waals surface area contributed by atoms with E-state index in [-0.39, 0.29) is 54.4 Å². The molecule has 2 fully saturated rings. The van der Waals surface area contributed by atoms with E-state index in [0.29, 0.717) is 13.1 Å². The van der Waals surface area contributed by atoms with Crippen molar-refractivity contribution in [3.63, 3.8) is 0 Å². The number of nitrogens with zero attached hydrogens (tertiary/aromatic N) is 2. The summed E-state index contributed by atoms with van der Waals surface area (Å²) in [5.41, 5.74) is 0. The first kappa shape index (κ1) is 14.3. The highest BCUT2D eigenvalue weighted by Gasteiger charge is 2.59. The van der Waals surface area contributed by atoms with E-state index in [9.17, 15) is 14.4 Å². The second-order valence-corrected chi connectivity index (χ2v) is 6.14. The van der Waals surface area contributed by atoms with Gasteiger partial charge in [0.2, 0.25) is 17.7 Å². The summed E-state index contributed by atoms with van der Waals surface area (Å²) in [7, 11) is 0. The molecule has 4 unspecified atom stereocenters. The molecule has 0 aromatic rings. The normalized spacial score (nSPS) is 33.0. The van der Waals surface area contributed by atoms with Crippen molar-refractivity contribution in [1.29, 1.82) is 0 Å². The fourth-order valence-electron chi connectivity index (χ4n) is 4.13. The lowest BCUT2D eigenvalue weighted by Crippen LogP contribution is -2.38. The molecule has 0 radical (unpaired) electrons. The van der Waals surface area contributed by atoms with Gasteiger partial charge in [-0.1, -0.05) is 12.2 Å². The number of amides is 3. The lowest BCUT2D eigenvalue weighted by Gasteiger charge is -2.21. The Labute approximate surface area is 125 Å². The van der Waals surface area contributed by atoms with Crippen LogP contribution in [0.5, 0.6) is 0 Å². The highest BCUT2D eigenvalue weighted by Crippen LogP contribution is 2.52. The Hall–Kier alpha value is -1.65. The highest BCUT2D eigenvalue weighted by atomic mass is 16.2. The van der Waals surface area contributed by atoms with Gasteiger partial charge in [0.15, 0.2) is 0 Å². The third kappa shape index (κ3) is 2.10. The van der Waals surface area contributed by atoms with Gasteiger partial charge in [-0.05, 0) is 32.1 Å². The first-order valence-corrected chi connectivity index (χ1v) is 7.89. The first-order valence-electron chi connectivity index (χ1n) is 7.89. The number of carbonyl (C=O) groups is 3. The van der Waals surface area contributed by atoms with Crippen LogP contribution in [0.3, 0.4) is 0 Å². The van der Waals surface area contributed by atoms with Gasteiger partial charge in [0, 0.05) is 26.1 Å². The first-order chi connectivity index (χ1) is 10.1. The summed E-state index contributed by atoms with van der Waals surface area (Å²) in [4.78, 5) is 40.0. The molecule has 5 nitrogen and oxygen atoms in total. The quantitative estimate of drug-likeness (QED) is 0.562. The zero-order valence-corrected chi connectivity index (χ0v) is 12.6. The molecule has 1 aliphatic heterocycles. The maximum Gasteiger partial charge on any atom is 0.233 e. The number of carbonyl (C=O) groups excluding carboxylic acids is 3. The van der Waals surface area contributed by atoms with Gasteiger partial charge in [-0.2, -0.15) is 0 Å². The maximum absolute atomic E-state index is 12.5. The van der Waals surface area contributed by atoms with E-state index in [4.69, 9.17) is 0 Å². The fraction of sp³-hybridized carbons (Fsp3) is 0.688. The predicted molar refractivity (Wildman–Crippen MR) is 77.0 cm³/mol. The Balaban J connectivity index is 1.64. The molecule has 3 rings (SSSR count). The Morgan fingerprint density at radius 3 is 2.14 bits per heavy atom. The standard InChI is InChI=1S/C16H22N2O3/c1-3-17(4-2)12(19)7-8-18-15(20)13-10-5-6-11(9-10)14(13)16(18)21/h5-6,10-11,13-14H,3-4,7-9H2,1-2H3. The molecule has 21 heavy (non-hydrogen) atoms. The second kappa shape index (κ2) is 5.28. The average molecular weight is 290 g/mol. The number of imide groups is 1. The van der Waals surface area contributed by atoms with Crippen LogP contribution in [-0.2, 0) is 14.4 Å². The van der Waals surface area contributed by atoms with E-state index in [2.05, 4.69) is 12.2 Å². The summed E-state index contributed by atoms with van der Waals surface area (Å²) in [5, 5.41) is 0. The zero-order chi connectivity index (χ0) is 15.1. The van der Waals surface area contributed by atoms with Crippen LogP contribution in [0, 0.1) is 23.7 Å². The molecule has 2 aliphatic carbocycles. The van der Waals surface area contributed by atoms with Crippen molar-refractivity contribution in [3.05, 3.63) is 12.2 Å². The topological polar surface area (TPSA) is 57.7 Å². The van der Waals surface area contributed by atoms with Gasteiger partial charge in [-0.25, -0.2) is 0 Å². The Kier molecular flexibility index (Phi) is 3.59. The minimum absolute atomic E-state index is 0.0127. The van der Waals surface area contributed by atoms with Crippen molar-refractivity contribution >= 4 is 17.7 Å². The average Bonchev–Trinajstić information content (AvgIpc) is 3.13. The molecule has 0 spiro atoms. The second-order valence-electron chi connectivity index (χ2n) is 6.14. The number of hydrogen-bond acceptors (Lipinski definition) is 3. The zero-order valence-electron chi connectivity index (χ0n) is 12.6. The molecular weight excluding hydrogens is 268 g/mol. The number of fused-ring (bicyclic) bond motifs is 5. The van der Waals surface area contributed by atoms with Crippen LogP contribution >= 0.6 is 0 Å². The summed E-state index contributed by atoms with van der Waals surface area (Å²) in [6, 6.07) is 0. The van der Waals surface area contributed by atoms with Gasteiger partial charge < -0.3 is 4.90 Å². The van der Waals surface area contributed by atoms with Gasteiger partial charge in [-0.3, -0.25) is 19.3 Å². The molecule has 1 heterocycles. The molecular formula is C16H22N2O3. The Morgan fingerprint density at radius 2 is 1.67 bits per heavy atom. The monoisotopic (exact) mass is 290 g/mol. The van der Waals surface area contributed by atoms with Gasteiger partial charge in [0.05, 0.1) is 11.8 Å². The summed E-state index contributed by atoms with van der Waals surface area (Å²) < 4.78 is 0. The smallest absolute Gasteiger partial charge is 0.233 e. The molecule has 0 aromatic heterocycles. The van der Waals surface area contributed by atoms with Crippen molar-refractivity contribution in [2.75, 3.05) is 19.6 Å². The van der Waals surface area contributed by atoms with Crippen LogP contribution in [0.15, 0.2) is 12.2 Å². The van der Waals surface area contributed by atoms with E-state index < -0.39 is 0 Å². The van der Waals surface area contributed by atoms with Crippen LogP contribution in [0.1, 0.15) is 26.7 Å². The molecule has 1 saturated heterocycles. The maximum atomic E-state index is 12.5. The van der Waals surface area contributed by atoms with Gasteiger partial charge in [0.25, 0.3) is 0 Å². The van der Waals surface area contributed by atoms with Crippen LogP contribution < -0.4 is 0 Å². The van der Waals surface area contributed by atoms with Crippen molar-refractivity contribution in [2.24, 2.45) is 23.7 Å². The number of hydrogen-bond donors (Lipinski definition) is 0. The minimum Gasteiger partial charge on any atom is -0.343 e. The number of rotatable bonds is 5. The minimum atomic E-state index is -0.156. The fourth-order valence-corrected chi connectivity index (χ4v) is 4.13. The molecule has 4 atom stereocenters. The molecule has 5 heteroatoms. The van der Waals surface area contributed by atoms with Crippen LogP contribution in [-0.4, -0.2) is 47.2 Å². The van der Waals surface area contributed by atoms with Crippen molar-refractivity contribution in [2.45, 2.75) is 26.7 Å². The van der Waals surface area contributed by atoms with E-state index in [0.717, 1.165) is 6.42 Å². The largest absolute Gasteiger partial charge is 0.343 e. The molecule has 2 bridgehead atoms.